The van der Waals surface area contributed by atoms with Crippen molar-refractivity contribution in [1.29, 1.82) is 0 Å². The van der Waals surface area contributed by atoms with Gasteiger partial charge in [0.2, 0.25) is 0 Å². The number of H-pyrrole nitrogens is 1. The van der Waals surface area contributed by atoms with Crippen LogP contribution in [0.1, 0.15) is 27.7 Å². The first kappa shape index (κ1) is 24.0. The normalized spacial score (nSPS) is 17.6. The van der Waals surface area contributed by atoms with Crippen LogP contribution in [0.4, 0.5) is 21.6 Å². The van der Waals surface area contributed by atoms with E-state index in [0.29, 0.717) is 28.6 Å². The summed E-state index contributed by atoms with van der Waals surface area (Å²) >= 11 is 0. The quantitative estimate of drug-likeness (QED) is 0.488. The second-order valence-electron chi connectivity index (χ2n) is 9.60. The van der Waals surface area contributed by atoms with Gasteiger partial charge in [-0.3, -0.25) is 9.59 Å². The van der Waals surface area contributed by atoms with Gasteiger partial charge in [-0.05, 0) is 47.6 Å². The Morgan fingerprint density at radius 2 is 1.94 bits per heavy atom. The molecule has 0 radical (unpaired) electrons. The van der Waals surface area contributed by atoms with Gasteiger partial charge in [0, 0.05) is 17.3 Å². The minimum absolute atomic E-state index is 0.0192. The first-order valence-corrected chi connectivity index (χ1v) is 11.3. The van der Waals surface area contributed by atoms with Crippen molar-refractivity contribution in [2.75, 3.05) is 10.6 Å². The molecule has 0 saturated heterocycles. The third-order valence-electron chi connectivity index (χ3n) is 5.91. The van der Waals surface area contributed by atoms with Crippen molar-refractivity contribution in [3.05, 3.63) is 82.8 Å². The topological polar surface area (TPSA) is 113 Å². The molecular formula is C26H27FN6O2. The minimum Gasteiger partial charge on any atom is -0.336 e. The summed E-state index contributed by atoms with van der Waals surface area (Å²) in [5.74, 6) is -0.0611. The Labute approximate surface area is 202 Å². The van der Waals surface area contributed by atoms with Crippen molar-refractivity contribution in [1.82, 2.24) is 20.2 Å². The van der Waals surface area contributed by atoms with E-state index in [1.807, 2.05) is 12.2 Å². The number of allylic oxidation sites excluding steroid dienone is 2. The highest BCUT2D eigenvalue weighted by atomic mass is 19.1. The van der Waals surface area contributed by atoms with Gasteiger partial charge in [0.15, 0.2) is 0 Å². The molecule has 0 spiro atoms. The molecular weight excluding hydrogens is 447 g/mol. The lowest BCUT2D eigenvalue weighted by atomic mass is 9.71. The lowest BCUT2D eigenvalue weighted by Crippen LogP contribution is -2.27. The summed E-state index contributed by atoms with van der Waals surface area (Å²) in [5.41, 5.74) is 1.24. The molecule has 1 aliphatic rings. The SMILES string of the molecule is CC1C=C(C(=O)Nc2cc(-c3cc(Nc4ccncn4)c(=O)[nH]n3)ccc2F)C=CC1C(C)(C)C. The number of hydrogen-bond donors (Lipinski definition) is 3. The maximum atomic E-state index is 14.6. The van der Waals surface area contributed by atoms with Crippen LogP contribution in [0.5, 0.6) is 0 Å². The van der Waals surface area contributed by atoms with Crippen LogP contribution in [-0.2, 0) is 4.79 Å². The molecule has 1 aromatic carbocycles. The van der Waals surface area contributed by atoms with Gasteiger partial charge in [0.25, 0.3) is 11.5 Å². The highest BCUT2D eigenvalue weighted by molar-refractivity contribution is 6.06. The molecule has 3 aromatic rings. The molecule has 2 atom stereocenters. The number of benzene rings is 1. The smallest absolute Gasteiger partial charge is 0.287 e. The molecule has 1 aliphatic carbocycles. The van der Waals surface area contributed by atoms with Crippen molar-refractivity contribution in [2.45, 2.75) is 27.7 Å². The Bertz CT molecular complexity index is 1360. The van der Waals surface area contributed by atoms with E-state index >= 15 is 0 Å². The molecule has 4 rings (SSSR count). The molecule has 9 heteroatoms. The number of anilines is 3. The van der Waals surface area contributed by atoms with E-state index in [1.165, 1.54) is 30.6 Å². The predicted molar refractivity (Wildman–Crippen MR) is 134 cm³/mol. The highest BCUT2D eigenvalue weighted by Gasteiger charge is 2.29. The van der Waals surface area contributed by atoms with Crippen LogP contribution in [-0.4, -0.2) is 26.1 Å². The van der Waals surface area contributed by atoms with E-state index in [1.54, 1.807) is 18.3 Å². The predicted octanol–water partition coefficient (Wildman–Crippen LogP) is 4.84. The molecule has 0 aliphatic heterocycles. The van der Waals surface area contributed by atoms with Gasteiger partial charge >= 0.3 is 0 Å². The Hall–Kier alpha value is -4.14. The number of nitrogens with one attached hydrogen (secondary N) is 3. The number of hydrogen-bond acceptors (Lipinski definition) is 6. The average molecular weight is 475 g/mol. The number of carbonyl (C=O) groups is 1. The lowest BCUT2D eigenvalue weighted by molar-refractivity contribution is -0.112. The van der Waals surface area contributed by atoms with Crippen LogP contribution in [0, 0.1) is 23.1 Å². The molecule has 0 fully saturated rings. The van der Waals surface area contributed by atoms with Crippen LogP contribution in [0.3, 0.4) is 0 Å². The van der Waals surface area contributed by atoms with Gasteiger partial charge in [-0.1, -0.05) is 45.9 Å². The van der Waals surface area contributed by atoms with Gasteiger partial charge in [-0.15, -0.1) is 0 Å². The van der Waals surface area contributed by atoms with E-state index in [9.17, 15) is 14.0 Å². The summed E-state index contributed by atoms with van der Waals surface area (Å²) in [4.78, 5) is 33.0. The maximum Gasteiger partial charge on any atom is 0.287 e. The number of nitrogens with zero attached hydrogens (tertiary/aromatic N) is 3. The fourth-order valence-corrected chi connectivity index (χ4v) is 4.18. The summed E-state index contributed by atoms with van der Waals surface area (Å²) in [6.45, 7) is 8.57. The van der Waals surface area contributed by atoms with Gasteiger partial charge in [-0.2, -0.15) is 5.10 Å². The van der Waals surface area contributed by atoms with Crippen LogP contribution in [0.15, 0.2) is 71.5 Å². The van der Waals surface area contributed by atoms with Crippen molar-refractivity contribution in [2.24, 2.45) is 17.3 Å². The highest BCUT2D eigenvalue weighted by Crippen LogP contribution is 2.37. The molecule has 35 heavy (non-hydrogen) atoms. The number of rotatable bonds is 5. The second-order valence-corrected chi connectivity index (χ2v) is 9.60. The van der Waals surface area contributed by atoms with Crippen LogP contribution in [0.2, 0.25) is 0 Å². The molecule has 2 heterocycles. The first-order valence-electron chi connectivity index (χ1n) is 11.3. The molecule has 2 unspecified atom stereocenters. The van der Waals surface area contributed by atoms with Crippen molar-refractivity contribution >= 4 is 23.1 Å². The number of aromatic nitrogens is 4. The van der Waals surface area contributed by atoms with Crippen LogP contribution < -0.4 is 16.2 Å². The Balaban J connectivity index is 1.56. The Morgan fingerprint density at radius 3 is 2.63 bits per heavy atom. The standard InChI is InChI=1S/C26H27FN6O2/c1-15-11-17(5-7-18(15)26(2,3)4)24(34)31-21-12-16(6-8-19(21)27)20-13-22(25(35)33-32-20)30-23-9-10-28-14-29-23/h5-15,18H,1-4H3,(H,31,34)(H,33,35)(H,28,29,30,32). The van der Waals surface area contributed by atoms with E-state index < -0.39 is 17.3 Å². The Morgan fingerprint density at radius 1 is 1.14 bits per heavy atom. The third kappa shape index (κ3) is 5.51. The molecule has 3 N–H and O–H groups in total. The maximum absolute atomic E-state index is 14.6. The largest absolute Gasteiger partial charge is 0.336 e. The second kappa shape index (κ2) is 9.61. The zero-order chi connectivity index (χ0) is 25.2. The summed E-state index contributed by atoms with van der Waals surface area (Å²) in [6, 6.07) is 7.40. The van der Waals surface area contributed by atoms with Gasteiger partial charge in [-0.25, -0.2) is 19.5 Å². The zero-order valence-corrected chi connectivity index (χ0v) is 20.0. The van der Waals surface area contributed by atoms with E-state index in [2.05, 4.69) is 58.5 Å². The van der Waals surface area contributed by atoms with E-state index in [4.69, 9.17) is 0 Å². The molecule has 1 amide bonds. The molecule has 2 aromatic heterocycles. The van der Waals surface area contributed by atoms with Crippen molar-refractivity contribution in [3.8, 4) is 11.3 Å². The van der Waals surface area contributed by atoms with E-state index in [-0.39, 0.29) is 22.7 Å². The Kier molecular flexibility index (Phi) is 6.59. The number of amides is 1. The molecule has 0 saturated carbocycles. The van der Waals surface area contributed by atoms with Crippen LogP contribution in [0.25, 0.3) is 11.3 Å². The van der Waals surface area contributed by atoms with Gasteiger partial charge in [0.05, 0.1) is 11.4 Å². The number of aromatic amines is 1. The lowest BCUT2D eigenvalue weighted by Gasteiger charge is -2.34. The fraction of sp³-hybridized carbons (Fsp3) is 0.269. The van der Waals surface area contributed by atoms with E-state index in [0.717, 1.165) is 0 Å². The zero-order valence-electron chi connectivity index (χ0n) is 20.0. The van der Waals surface area contributed by atoms with Gasteiger partial charge < -0.3 is 10.6 Å². The molecule has 8 nitrogen and oxygen atoms in total. The van der Waals surface area contributed by atoms with Crippen LogP contribution >= 0.6 is 0 Å². The minimum atomic E-state index is -0.577. The van der Waals surface area contributed by atoms with Crippen molar-refractivity contribution in [3.63, 3.8) is 0 Å². The fourth-order valence-electron chi connectivity index (χ4n) is 4.18. The third-order valence-corrected chi connectivity index (χ3v) is 5.91. The number of halogens is 1. The van der Waals surface area contributed by atoms with Crippen molar-refractivity contribution < 1.29 is 9.18 Å². The number of carbonyl (C=O) groups excluding carboxylic acids is 1. The summed E-state index contributed by atoms with van der Waals surface area (Å²) in [7, 11) is 0. The molecule has 0 bridgehead atoms. The average Bonchev–Trinajstić information content (AvgIpc) is 2.81. The first-order chi connectivity index (χ1) is 16.6. The summed E-state index contributed by atoms with van der Waals surface area (Å²) < 4.78 is 14.6. The molecule has 180 valence electrons. The van der Waals surface area contributed by atoms with Gasteiger partial charge in [0.1, 0.15) is 23.6 Å². The summed E-state index contributed by atoms with van der Waals surface area (Å²) in [6.07, 6.45) is 8.65. The summed E-state index contributed by atoms with van der Waals surface area (Å²) in [5, 5.41) is 12.1. The monoisotopic (exact) mass is 474 g/mol.